The Morgan fingerprint density at radius 1 is 1.35 bits per heavy atom. The number of sulfonamides is 2. The summed E-state index contributed by atoms with van der Waals surface area (Å²) >= 11 is 5.94. The Kier molecular flexibility index (Phi) is 4.99. The van der Waals surface area contributed by atoms with Crippen LogP contribution in [0.4, 0.5) is 5.69 Å². The van der Waals surface area contributed by atoms with Gasteiger partial charge in [0, 0.05) is 0 Å². The second kappa shape index (κ2) is 6.21. The average molecular weight is 382 g/mol. The van der Waals surface area contributed by atoms with Crippen LogP contribution in [0.15, 0.2) is 21.9 Å². The third-order valence-electron chi connectivity index (χ3n) is 4.29. The van der Waals surface area contributed by atoms with Gasteiger partial charge < -0.3 is 5.32 Å². The van der Waals surface area contributed by atoms with E-state index < -0.39 is 31.1 Å². The molecule has 0 radical (unpaired) electrons. The van der Waals surface area contributed by atoms with E-state index in [9.17, 15) is 16.8 Å². The molecular weight excluding hydrogens is 362 g/mol. The molecule has 130 valence electrons. The fraction of sp³-hybridized carbons (Fsp3) is 0.538. The molecule has 0 fully saturated rings. The Morgan fingerprint density at radius 3 is 2.48 bits per heavy atom. The Morgan fingerprint density at radius 2 is 1.96 bits per heavy atom. The van der Waals surface area contributed by atoms with Crippen LogP contribution in [0.1, 0.15) is 27.2 Å². The number of fused-ring (bicyclic) bond motifs is 1. The highest BCUT2D eigenvalue weighted by molar-refractivity contribution is 7.90. The quantitative estimate of drug-likeness (QED) is 0.733. The molecule has 1 aromatic rings. The van der Waals surface area contributed by atoms with Crippen molar-refractivity contribution < 1.29 is 16.8 Å². The van der Waals surface area contributed by atoms with Crippen molar-refractivity contribution in [3.63, 3.8) is 0 Å². The molecule has 1 aromatic carbocycles. The van der Waals surface area contributed by atoms with Gasteiger partial charge in [0.2, 0.25) is 20.0 Å². The van der Waals surface area contributed by atoms with Gasteiger partial charge in [-0.2, -0.15) is 4.72 Å². The fourth-order valence-electron chi connectivity index (χ4n) is 2.45. The van der Waals surface area contributed by atoms with Gasteiger partial charge in [0.25, 0.3) is 0 Å². The summed E-state index contributed by atoms with van der Waals surface area (Å²) in [5.74, 6) is 0.315. The van der Waals surface area contributed by atoms with Crippen LogP contribution in [0.5, 0.6) is 0 Å². The lowest BCUT2D eigenvalue weighted by molar-refractivity contribution is 0.318. The molecule has 4 N–H and O–H groups in total. The first kappa shape index (κ1) is 18.5. The van der Waals surface area contributed by atoms with E-state index in [2.05, 4.69) is 10.0 Å². The maximum absolute atomic E-state index is 12.5. The van der Waals surface area contributed by atoms with Gasteiger partial charge in [-0.15, -0.1) is 0 Å². The number of hydrogen-bond acceptors (Lipinski definition) is 5. The molecule has 1 aliphatic heterocycles. The number of hydrogen-bond donors (Lipinski definition) is 3. The number of rotatable bonds is 4. The summed E-state index contributed by atoms with van der Waals surface area (Å²) < 4.78 is 50.5. The Hall–Kier alpha value is -0.870. The Balaban J connectivity index is 2.53. The van der Waals surface area contributed by atoms with E-state index in [-0.39, 0.29) is 27.4 Å². The van der Waals surface area contributed by atoms with Crippen molar-refractivity contribution in [1.82, 2.24) is 4.72 Å². The zero-order valence-electron chi connectivity index (χ0n) is 13.0. The molecule has 10 heteroatoms. The molecule has 0 saturated carbocycles. The molecule has 1 aliphatic rings. The highest BCUT2D eigenvalue weighted by Crippen LogP contribution is 2.35. The number of benzene rings is 1. The fourth-order valence-corrected chi connectivity index (χ4v) is 5.04. The molecule has 0 bridgehead atoms. The number of nitrogens with two attached hydrogens (primary N) is 1. The summed E-state index contributed by atoms with van der Waals surface area (Å²) in [6, 6.07) is 2.26. The van der Waals surface area contributed by atoms with Gasteiger partial charge in [0.15, 0.2) is 0 Å². The van der Waals surface area contributed by atoms with E-state index >= 15 is 0 Å². The molecule has 7 nitrogen and oxygen atoms in total. The van der Waals surface area contributed by atoms with E-state index in [1.54, 1.807) is 0 Å². The van der Waals surface area contributed by atoms with Crippen molar-refractivity contribution >= 4 is 37.3 Å². The normalized spacial score (nSPS) is 22.7. The largest absolute Gasteiger partial charge is 0.368 e. The molecular formula is C13H20ClN3O4S2. The summed E-state index contributed by atoms with van der Waals surface area (Å²) in [6.07, 6.45) is 0.401. The summed E-state index contributed by atoms with van der Waals surface area (Å²) in [5, 5.41) is 8.02. The van der Waals surface area contributed by atoms with Crippen LogP contribution in [0.3, 0.4) is 0 Å². The Labute approximate surface area is 141 Å². The molecule has 3 atom stereocenters. The van der Waals surface area contributed by atoms with Gasteiger partial charge in [-0.1, -0.05) is 38.8 Å². The number of halogens is 1. The second-order valence-electron chi connectivity index (χ2n) is 5.81. The van der Waals surface area contributed by atoms with Gasteiger partial charge >= 0.3 is 0 Å². The second-order valence-corrected chi connectivity index (χ2v) is 9.43. The highest BCUT2D eigenvalue weighted by Gasteiger charge is 2.35. The predicted octanol–water partition coefficient (Wildman–Crippen LogP) is 1.70. The van der Waals surface area contributed by atoms with Gasteiger partial charge in [0.1, 0.15) is 9.79 Å². The molecule has 0 saturated heterocycles. The van der Waals surface area contributed by atoms with Crippen LogP contribution in [0, 0.1) is 11.8 Å². The molecule has 0 spiro atoms. The first-order valence-corrected chi connectivity index (χ1v) is 10.5. The van der Waals surface area contributed by atoms with E-state index in [0.29, 0.717) is 0 Å². The minimum atomic E-state index is -4.12. The van der Waals surface area contributed by atoms with Gasteiger partial charge in [-0.05, 0) is 24.0 Å². The molecule has 1 heterocycles. The standard InChI is InChI=1S/C13H20ClN3O4S2/c1-4-7(2)8(3)13-16-10-5-9(14)11(22(15,18)19)6-12(10)23(20,21)17-13/h5-8,13,16-17H,4H2,1-3H3,(H2,15,18,19)/t7-,8+,13-/m0/s1. The summed E-state index contributed by atoms with van der Waals surface area (Å²) in [5.41, 5.74) is 0.265. The van der Waals surface area contributed by atoms with Crippen molar-refractivity contribution in [3.8, 4) is 0 Å². The SMILES string of the molecule is CC[C@H](C)[C@@H](C)[C@H]1Nc2cc(Cl)c(S(N)(=O)=O)cc2S(=O)(=O)N1. The highest BCUT2D eigenvalue weighted by atomic mass is 35.5. The topological polar surface area (TPSA) is 118 Å². The molecule has 0 unspecified atom stereocenters. The van der Waals surface area contributed by atoms with Crippen molar-refractivity contribution in [1.29, 1.82) is 0 Å². The van der Waals surface area contributed by atoms with Crippen molar-refractivity contribution in [2.24, 2.45) is 17.0 Å². The van der Waals surface area contributed by atoms with Gasteiger partial charge in [-0.3, -0.25) is 0 Å². The van der Waals surface area contributed by atoms with Crippen LogP contribution in [0.25, 0.3) is 0 Å². The molecule has 23 heavy (non-hydrogen) atoms. The smallest absolute Gasteiger partial charge is 0.244 e. The van der Waals surface area contributed by atoms with Crippen molar-refractivity contribution in [3.05, 3.63) is 17.2 Å². The number of primary sulfonamides is 1. The third kappa shape index (κ3) is 3.63. The van der Waals surface area contributed by atoms with Crippen LogP contribution >= 0.6 is 11.6 Å². The van der Waals surface area contributed by atoms with Crippen LogP contribution in [0.2, 0.25) is 5.02 Å². The first-order chi connectivity index (χ1) is 10.5. The van der Waals surface area contributed by atoms with E-state index in [4.69, 9.17) is 16.7 Å². The van der Waals surface area contributed by atoms with Crippen LogP contribution in [-0.2, 0) is 20.0 Å². The van der Waals surface area contributed by atoms with Crippen molar-refractivity contribution in [2.75, 3.05) is 5.32 Å². The summed E-state index contributed by atoms with van der Waals surface area (Å²) in [7, 11) is -7.99. The third-order valence-corrected chi connectivity index (χ3v) is 7.15. The number of anilines is 1. The minimum absolute atomic E-state index is 0.0274. The van der Waals surface area contributed by atoms with Crippen LogP contribution < -0.4 is 15.2 Å². The lowest BCUT2D eigenvalue weighted by Gasteiger charge is -2.34. The maximum atomic E-state index is 12.5. The summed E-state index contributed by atoms with van der Waals surface area (Å²) in [6.45, 7) is 6.01. The first-order valence-electron chi connectivity index (χ1n) is 7.12. The molecule has 0 amide bonds. The van der Waals surface area contributed by atoms with E-state index in [1.807, 2.05) is 20.8 Å². The van der Waals surface area contributed by atoms with Crippen molar-refractivity contribution in [2.45, 2.75) is 43.1 Å². The zero-order valence-corrected chi connectivity index (χ0v) is 15.4. The zero-order chi connectivity index (χ0) is 17.6. The maximum Gasteiger partial charge on any atom is 0.244 e. The minimum Gasteiger partial charge on any atom is -0.368 e. The monoisotopic (exact) mass is 381 g/mol. The lowest BCUT2D eigenvalue weighted by atomic mass is 9.91. The average Bonchev–Trinajstić information content (AvgIpc) is 2.42. The lowest BCUT2D eigenvalue weighted by Crippen LogP contribution is -2.49. The summed E-state index contributed by atoms with van der Waals surface area (Å²) in [4.78, 5) is -0.600. The molecule has 2 rings (SSSR count). The molecule has 0 aromatic heterocycles. The predicted molar refractivity (Wildman–Crippen MR) is 89.2 cm³/mol. The van der Waals surface area contributed by atoms with Crippen LogP contribution in [-0.4, -0.2) is 23.0 Å². The molecule has 0 aliphatic carbocycles. The van der Waals surface area contributed by atoms with E-state index in [0.717, 1.165) is 12.5 Å². The Bertz CT molecular complexity index is 824. The van der Waals surface area contributed by atoms with Gasteiger partial charge in [0.05, 0.1) is 16.9 Å². The van der Waals surface area contributed by atoms with E-state index in [1.165, 1.54) is 6.07 Å². The van der Waals surface area contributed by atoms with Gasteiger partial charge in [-0.25, -0.2) is 22.0 Å². The number of nitrogens with one attached hydrogen (secondary N) is 2.